The van der Waals surface area contributed by atoms with Crippen LogP contribution in [0.2, 0.25) is 0 Å². The first-order valence-corrected chi connectivity index (χ1v) is 8.39. The fourth-order valence-electron chi connectivity index (χ4n) is 4.44. The average molecular weight is 298 g/mol. The fraction of sp³-hybridized carbons (Fsp3) is 0.550. The minimum atomic E-state index is 0.264. The molecule has 0 radical (unpaired) electrons. The molecule has 0 aromatic heterocycles. The Balaban J connectivity index is 1.66. The summed E-state index contributed by atoms with van der Waals surface area (Å²) >= 11 is 0. The van der Waals surface area contributed by atoms with Crippen LogP contribution in [0, 0.1) is 10.8 Å². The minimum absolute atomic E-state index is 0.264. The molecule has 3 aliphatic rings. The van der Waals surface area contributed by atoms with E-state index in [1.165, 1.54) is 38.5 Å². The van der Waals surface area contributed by atoms with Gasteiger partial charge < -0.3 is 4.74 Å². The van der Waals surface area contributed by atoms with Gasteiger partial charge in [-0.15, -0.1) is 6.58 Å². The van der Waals surface area contributed by atoms with Gasteiger partial charge >= 0.3 is 0 Å². The molecule has 2 heteroatoms. The Labute approximate surface area is 133 Å². The van der Waals surface area contributed by atoms with Crippen LogP contribution < -0.4 is 4.74 Å². The number of rotatable bonds is 6. The Morgan fingerprint density at radius 3 is 2.14 bits per heavy atom. The van der Waals surface area contributed by atoms with Crippen molar-refractivity contribution in [2.24, 2.45) is 10.8 Å². The second kappa shape index (κ2) is 5.91. The molecule has 0 N–H and O–H groups in total. The third kappa shape index (κ3) is 2.84. The van der Waals surface area contributed by atoms with E-state index >= 15 is 0 Å². The number of ether oxygens (including phenoxy) is 1. The van der Waals surface area contributed by atoms with Crippen LogP contribution in [0.4, 0.5) is 0 Å². The SMILES string of the molecule is C=CCC12CCC(CC(=O)c3ccc(OC)cc3)(CC1)CC2. The van der Waals surface area contributed by atoms with Crippen LogP contribution in [0.25, 0.3) is 0 Å². The third-order valence-electron chi connectivity index (χ3n) is 6.08. The van der Waals surface area contributed by atoms with Gasteiger partial charge in [-0.3, -0.25) is 4.79 Å². The minimum Gasteiger partial charge on any atom is -0.497 e. The molecule has 3 aliphatic carbocycles. The molecule has 118 valence electrons. The Hall–Kier alpha value is -1.57. The Bertz CT molecular complexity index is 531. The van der Waals surface area contributed by atoms with Crippen LogP contribution in [0.15, 0.2) is 36.9 Å². The molecular formula is C20H26O2. The first-order valence-electron chi connectivity index (χ1n) is 8.39. The van der Waals surface area contributed by atoms with Gasteiger partial charge in [-0.1, -0.05) is 6.08 Å². The number of allylic oxidation sites excluding steroid dienone is 1. The Morgan fingerprint density at radius 1 is 1.09 bits per heavy atom. The normalized spacial score (nSPS) is 30.0. The van der Waals surface area contributed by atoms with Gasteiger partial charge in [0.25, 0.3) is 0 Å². The van der Waals surface area contributed by atoms with Crippen molar-refractivity contribution >= 4 is 5.78 Å². The second-order valence-corrected chi connectivity index (χ2v) is 7.32. The summed E-state index contributed by atoms with van der Waals surface area (Å²) in [5, 5.41) is 0. The van der Waals surface area contributed by atoms with Crippen molar-refractivity contribution in [2.45, 2.75) is 51.4 Å². The lowest BCUT2D eigenvalue weighted by molar-refractivity contribution is -0.00910. The maximum Gasteiger partial charge on any atom is 0.163 e. The molecule has 0 saturated heterocycles. The largest absolute Gasteiger partial charge is 0.497 e. The summed E-state index contributed by atoms with van der Waals surface area (Å²) in [4.78, 5) is 12.6. The average Bonchev–Trinajstić information content (AvgIpc) is 2.57. The van der Waals surface area contributed by atoms with E-state index in [2.05, 4.69) is 12.7 Å². The molecule has 4 rings (SSSR count). The summed E-state index contributed by atoms with van der Waals surface area (Å²) in [7, 11) is 1.65. The molecule has 1 aromatic carbocycles. The van der Waals surface area contributed by atoms with E-state index in [0.717, 1.165) is 17.7 Å². The van der Waals surface area contributed by atoms with Crippen LogP contribution in [-0.4, -0.2) is 12.9 Å². The predicted molar refractivity (Wildman–Crippen MR) is 89.3 cm³/mol. The van der Waals surface area contributed by atoms with E-state index in [1.807, 2.05) is 24.3 Å². The number of ketones is 1. The van der Waals surface area contributed by atoms with Crippen LogP contribution in [0.1, 0.15) is 61.7 Å². The van der Waals surface area contributed by atoms with E-state index in [0.29, 0.717) is 17.6 Å². The third-order valence-corrected chi connectivity index (χ3v) is 6.08. The van der Waals surface area contributed by atoms with Crippen LogP contribution >= 0.6 is 0 Å². The lowest BCUT2D eigenvalue weighted by Crippen LogP contribution is -2.42. The molecule has 1 aromatic rings. The zero-order chi connectivity index (χ0) is 15.6. The maximum atomic E-state index is 12.6. The van der Waals surface area contributed by atoms with Crippen molar-refractivity contribution < 1.29 is 9.53 Å². The van der Waals surface area contributed by atoms with Crippen molar-refractivity contribution in [3.05, 3.63) is 42.5 Å². The number of carbonyl (C=O) groups excluding carboxylic acids is 1. The first kappa shape index (κ1) is 15.3. The summed E-state index contributed by atoms with van der Waals surface area (Å²) in [6.07, 6.45) is 11.4. The highest BCUT2D eigenvalue weighted by atomic mass is 16.5. The highest BCUT2D eigenvalue weighted by Gasteiger charge is 2.48. The number of carbonyl (C=O) groups is 1. The Morgan fingerprint density at radius 2 is 1.64 bits per heavy atom. The van der Waals surface area contributed by atoms with Crippen LogP contribution in [0.3, 0.4) is 0 Å². The molecule has 2 nitrogen and oxygen atoms in total. The summed E-state index contributed by atoms with van der Waals surface area (Å²) in [6.45, 7) is 3.92. The molecule has 0 spiro atoms. The number of Topliss-reactive ketones (excluding diaryl/α,β-unsaturated/α-hetero) is 1. The molecule has 0 amide bonds. The predicted octanol–water partition coefficient (Wildman–Crippen LogP) is 5.18. The van der Waals surface area contributed by atoms with E-state index in [4.69, 9.17) is 4.74 Å². The number of methoxy groups -OCH3 is 1. The molecule has 22 heavy (non-hydrogen) atoms. The first-order chi connectivity index (χ1) is 10.6. The van der Waals surface area contributed by atoms with Gasteiger partial charge in [0.1, 0.15) is 5.75 Å². The monoisotopic (exact) mass is 298 g/mol. The van der Waals surface area contributed by atoms with Gasteiger partial charge in [0, 0.05) is 12.0 Å². The molecular weight excluding hydrogens is 272 g/mol. The quantitative estimate of drug-likeness (QED) is 0.534. The van der Waals surface area contributed by atoms with Gasteiger partial charge in [-0.25, -0.2) is 0 Å². The van der Waals surface area contributed by atoms with Crippen molar-refractivity contribution in [1.82, 2.24) is 0 Å². The Kier molecular flexibility index (Phi) is 4.12. The molecule has 2 bridgehead atoms. The van der Waals surface area contributed by atoms with E-state index < -0.39 is 0 Å². The summed E-state index contributed by atoms with van der Waals surface area (Å²) in [5.74, 6) is 1.10. The lowest BCUT2D eigenvalue weighted by atomic mass is 9.51. The molecule has 3 fully saturated rings. The highest BCUT2D eigenvalue weighted by Crippen LogP contribution is 2.59. The number of benzene rings is 1. The van der Waals surface area contributed by atoms with Crippen molar-refractivity contribution in [3.63, 3.8) is 0 Å². The molecule has 0 unspecified atom stereocenters. The topological polar surface area (TPSA) is 26.3 Å². The summed E-state index contributed by atoms with van der Waals surface area (Å²) in [6, 6.07) is 7.54. The van der Waals surface area contributed by atoms with E-state index in [9.17, 15) is 4.79 Å². The van der Waals surface area contributed by atoms with Gasteiger partial charge in [-0.05, 0) is 80.0 Å². The molecule has 3 saturated carbocycles. The molecule has 0 atom stereocenters. The van der Waals surface area contributed by atoms with Gasteiger partial charge in [0.05, 0.1) is 7.11 Å². The summed E-state index contributed by atoms with van der Waals surface area (Å²) < 4.78 is 5.16. The van der Waals surface area contributed by atoms with E-state index in [1.54, 1.807) is 7.11 Å². The zero-order valence-corrected chi connectivity index (χ0v) is 13.6. The zero-order valence-electron chi connectivity index (χ0n) is 13.6. The van der Waals surface area contributed by atoms with E-state index in [-0.39, 0.29) is 5.41 Å². The second-order valence-electron chi connectivity index (χ2n) is 7.32. The van der Waals surface area contributed by atoms with Gasteiger partial charge in [0.15, 0.2) is 5.78 Å². The number of hydrogen-bond acceptors (Lipinski definition) is 2. The molecule has 0 aliphatic heterocycles. The standard InChI is InChI=1S/C20H26O2/c1-3-8-19-9-12-20(13-10-19,14-11-19)15-18(21)16-4-6-17(22-2)7-5-16/h3-7H,1,8-15H2,2H3. The summed E-state index contributed by atoms with van der Waals surface area (Å²) in [5.41, 5.74) is 1.59. The van der Waals surface area contributed by atoms with Crippen molar-refractivity contribution in [2.75, 3.05) is 7.11 Å². The number of fused-ring (bicyclic) bond motifs is 3. The van der Waals surface area contributed by atoms with Crippen molar-refractivity contribution in [1.29, 1.82) is 0 Å². The highest BCUT2D eigenvalue weighted by molar-refractivity contribution is 5.96. The number of hydrogen-bond donors (Lipinski definition) is 0. The smallest absolute Gasteiger partial charge is 0.163 e. The fourth-order valence-corrected chi connectivity index (χ4v) is 4.44. The maximum absolute atomic E-state index is 12.6. The lowest BCUT2D eigenvalue weighted by Gasteiger charge is -2.53. The molecule has 0 heterocycles. The van der Waals surface area contributed by atoms with Crippen LogP contribution in [-0.2, 0) is 0 Å². The van der Waals surface area contributed by atoms with Crippen LogP contribution in [0.5, 0.6) is 5.75 Å². The van der Waals surface area contributed by atoms with Gasteiger partial charge in [-0.2, -0.15) is 0 Å². The van der Waals surface area contributed by atoms with Gasteiger partial charge in [0.2, 0.25) is 0 Å². The van der Waals surface area contributed by atoms with Crippen molar-refractivity contribution in [3.8, 4) is 5.75 Å².